The highest BCUT2D eigenvalue weighted by atomic mass is 16.7. The Bertz CT molecular complexity index is 773. The van der Waals surface area contributed by atoms with Gasteiger partial charge in [-0.15, -0.1) is 0 Å². The normalized spacial score (nSPS) is 27.2. The molecule has 1 fully saturated rings. The van der Waals surface area contributed by atoms with Gasteiger partial charge in [-0.2, -0.15) is 10.5 Å². The highest BCUT2D eigenvalue weighted by Gasteiger charge is 2.71. The number of ether oxygens (including phenoxy) is 3. The summed E-state index contributed by atoms with van der Waals surface area (Å²) in [6, 6.07) is 13.1. The topological polar surface area (TPSA) is 92.3 Å². The van der Waals surface area contributed by atoms with Crippen molar-refractivity contribution in [3.63, 3.8) is 0 Å². The van der Waals surface area contributed by atoms with E-state index in [2.05, 4.69) is 12.1 Å². The molecule has 1 aliphatic heterocycles. The van der Waals surface area contributed by atoms with Crippen LogP contribution in [0.4, 0.5) is 0 Å². The molecule has 122 valence electrons. The Hall–Kier alpha value is -2.67. The summed E-state index contributed by atoms with van der Waals surface area (Å²) < 4.78 is 16.3. The Kier molecular flexibility index (Phi) is 3.88. The molecule has 1 saturated heterocycles. The Morgan fingerprint density at radius 3 is 2.46 bits per heavy atom. The Balaban J connectivity index is 2.36. The molecule has 0 saturated carbocycles. The molecule has 0 spiro atoms. The number of esters is 1. The number of fused-ring (bicyclic) bond motifs is 1. The van der Waals surface area contributed by atoms with E-state index in [1.807, 2.05) is 6.07 Å². The van der Waals surface area contributed by atoms with Crippen molar-refractivity contribution in [2.75, 3.05) is 20.8 Å². The van der Waals surface area contributed by atoms with Crippen molar-refractivity contribution in [2.45, 2.75) is 18.1 Å². The predicted molar refractivity (Wildman–Crippen MR) is 82.2 cm³/mol. The van der Waals surface area contributed by atoms with Crippen molar-refractivity contribution in [3.05, 3.63) is 47.0 Å². The molecule has 0 radical (unpaired) electrons. The minimum absolute atomic E-state index is 0.274. The van der Waals surface area contributed by atoms with Crippen molar-refractivity contribution in [3.8, 4) is 12.1 Å². The number of methoxy groups -OCH3 is 2. The summed E-state index contributed by atoms with van der Waals surface area (Å²) in [4.78, 5) is 12.5. The fourth-order valence-electron chi connectivity index (χ4n) is 3.85. The number of rotatable bonds is 3. The van der Waals surface area contributed by atoms with Crippen LogP contribution in [-0.4, -0.2) is 32.6 Å². The lowest BCUT2D eigenvalue weighted by atomic mass is 9.70. The Morgan fingerprint density at radius 2 is 1.92 bits per heavy atom. The van der Waals surface area contributed by atoms with Crippen molar-refractivity contribution in [2.24, 2.45) is 5.41 Å². The van der Waals surface area contributed by atoms with Gasteiger partial charge in [-0.1, -0.05) is 30.3 Å². The van der Waals surface area contributed by atoms with Gasteiger partial charge in [0.2, 0.25) is 11.2 Å². The third kappa shape index (κ3) is 1.78. The van der Waals surface area contributed by atoms with E-state index in [9.17, 15) is 15.3 Å². The van der Waals surface area contributed by atoms with Gasteiger partial charge >= 0.3 is 5.97 Å². The fraction of sp³-hybridized carbons (Fsp3) is 0.389. The van der Waals surface area contributed by atoms with Crippen LogP contribution in [0.1, 0.15) is 17.9 Å². The molecule has 24 heavy (non-hydrogen) atoms. The molecule has 2 aliphatic rings. The van der Waals surface area contributed by atoms with Gasteiger partial charge in [0.15, 0.2) is 0 Å². The van der Waals surface area contributed by atoms with E-state index in [1.54, 1.807) is 24.3 Å². The molecule has 0 aromatic heterocycles. The van der Waals surface area contributed by atoms with Crippen LogP contribution < -0.4 is 0 Å². The SMILES string of the molecule is COC(=O)C1=C2CCO[C@]2(OC)C(C#N)(C#N)[C@@H]1c1ccccc1. The van der Waals surface area contributed by atoms with Gasteiger partial charge in [0.05, 0.1) is 37.3 Å². The second-order valence-corrected chi connectivity index (χ2v) is 5.68. The van der Waals surface area contributed by atoms with E-state index < -0.39 is 23.1 Å². The number of carbonyl (C=O) groups is 1. The van der Waals surface area contributed by atoms with Crippen LogP contribution in [0, 0.1) is 28.1 Å². The lowest BCUT2D eigenvalue weighted by molar-refractivity contribution is -0.208. The van der Waals surface area contributed by atoms with Gasteiger partial charge < -0.3 is 14.2 Å². The molecule has 6 heteroatoms. The van der Waals surface area contributed by atoms with Crippen LogP contribution >= 0.6 is 0 Å². The second kappa shape index (κ2) is 5.76. The number of benzene rings is 1. The van der Waals surface area contributed by atoms with Crippen molar-refractivity contribution in [1.82, 2.24) is 0 Å². The van der Waals surface area contributed by atoms with E-state index in [0.717, 1.165) is 0 Å². The lowest BCUT2D eigenvalue weighted by Gasteiger charge is -2.36. The summed E-state index contributed by atoms with van der Waals surface area (Å²) >= 11 is 0. The lowest BCUT2D eigenvalue weighted by Crippen LogP contribution is -2.48. The first-order valence-corrected chi connectivity index (χ1v) is 7.50. The molecule has 2 atom stereocenters. The maximum absolute atomic E-state index is 12.5. The summed E-state index contributed by atoms with van der Waals surface area (Å²) in [5, 5.41) is 19.9. The number of hydrogen-bond donors (Lipinski definition) is 0. The third-order valence-electron chi connectivity index (χ3n) is 4.80. The molecule has 1 aromatic carbocycles. The zero-order valence-electron chi connectivity index (χ0n) is 13.4. The maximum Gasteiger partial charge on any atom is 0.334 e. The van der Waals surface area contributed by atoms with E-state index in [1.165, 1.54) is 14.2 Å². The maximum atomic E-state index is 12.5. The van der Waals surface area contributed by atoms with Crippen molar-refractivity contribution in [1.29, 1.82) is 10.5 Å². The monoisotopic (exact) mass is 324 g/mol. The van der Waals surface area contributed by atoms with Crippen LogP contribution in [0.15, 0.2) is 41.5 Å². The highest BCUT2D eigenvalue weighted by molar-refractivity contribution is 5.94. The van der Waals surface area contributed by atoms with Crippen molar-refractivity contribution < 1.29 is 19.0 Å². The molecule has 1 heterocycles. The van der Waals surface area contributed by atoms with Gasteiger partial charge in [-0.3, -0.25) is 0 Å². The molecule has 6 nitrogen and oxygen atoms in total. The van der Waals surface area contributed by atoms with E-state index in [0.29, 0.717) is 17.6 Å². The largest absolute Gasteiger partial charge is 0.466 e. The molecule has 1 aliphatic carbocycles. The van der Waals surface area contributed by atoms with Crippen LogP contribution in [0.2, 0.25) is 0 Å². The van der Waals surface area contributed by atoms with E-state index in [-0.39, 0.29) is 12.2 Å². The number of hydrogen-bond acceptors (Lipinski definition) is 6. The van der Waals surface area contributed by atoms with E-state index in [4.69, 9.17) is 14.2 Å². The zero-order chi connectivity index (χ0) is 17.4. The van der Waals surface area contributed by atoms with Crippen LogP contribution in [0.3, 0.4) is 0 Å². The molecular formula is C18H16N2O4. The first-order valence-electron chi connectivity index (χ1n) is 7.50. The molecule has 0 bridgehead atoms. The first-order chi connectivity index (χ1) is 11.6. The van der Waals surface area contributed by atoms with Gasteiger partial charge in [0.25, 0.3) is 0 Å². The molecule has 0 unspecified atom stereocenters. The molecule has 3 rings (SSSR count). The first kappa shape index (κ1) is 16.2. The quantitative estimate of drug-likeness (QED) is 0.790. The van der Waals surface area contributed by atoms with Gasteiger partial charge in [-0.25, -0.2) is 4.79 Å². The van der Waals surface area contributed by atoms with E-state index >= 15 is 0 Å². The van der Waals surface area contributed by atoms with Crippen LogP contribution in [0.25, 0.3) is 0 Å². The number of nitrogens with zero attached hydrogens (tertiary/aromatic N) is 2. The Morgan fingerprint density at radius 1 is 1.25 bits per heavy atom. The summed E-state index contributed by atoms with van der Waals surface area (Å²) in [5.41, 5.74) is -0.235. The average Bonchev–Trinajstić information content (AvgIpc) is 3.16. The smallest absolute Gasteiger partial charge is 0.334 e. The summed E-state index contributed by atoms with van der Waals surface area (Å²) in [6.45, 7) is 0.274. The standard InChI is InChI=1S/C18H16N2O4/c1-22-16(21)14-13-8-9-24-18(13,23-2)17(10-19,11-20)15(14)12-6-4-3-5-7-12/h3-7,15H,8-9H2,1-2H3/t15-,18+/m1/s1. The summed E-state index contributed by atoms with van der Waals surface area (Å²) in [5.74, 6) is -2.94. The Labute approximate surface area is 139 Å². The summed E-state index contributed by atoms with van der Waals surface area (Å²) in [7, 11) is 2.66. The van der Waals surface area contributed by atoms with Gasteiger partial charge in [0.1, 0.15) is 0 Å². The van der Waals surface area contributed by atoms with Crippen molar-refractivity contribution >= 4 is 5.97 Å². The molecule has 1 aromatic rings. The molecule has 0 N–H and O–H groups in total. The third-order valence-corrected chi connectivity index (χ3v) is 4.80. The fourth-order valence-corrected chi connectivity index (χ4v) is 3.85. The van der Waals surface area contributed by atoms with Crippen LogP contribution in [0.5, 0.6) is 0 Å². The minimum atomic E-state index is -1.71. The predicted octanol–water partition coefficient (Wildman–Crippen LogP) is 2.05. The molecular weight excluding hydrogens is 308 g/mol. The van der Waals surface area contributed by atoms with Gasteiger partial charge in [0, 0.05) is 12.7 Å². The molecule has 0 amide bonds. The van der Waals surface area contributed by atoms with Gasteiger partial charge in [-0.05, 0) is 12.0 Å². The number of carbonyl (C=O) groups excluding carboxylic acids is 1. The summed E-state index contributed by atoms with van der Waals surface area (Å²) in [6.07, 6.45) is 0.409. The highest BCUT2D eigenvalue weighted by Crippen LogP contribution is 2.62. The second-order valence-electron chi connectivity index (χ2n) is 5.68. The minimum Gasteiger partial charge on any atom is -0.466 e. The van der Waals surface area contributed by atoms with Crippen LogP contribution in [-0.2, 0) is 19.0 Å². The number of nitriles is 2. The average molecular weight is 324 g/mol. The zero-order valence-corrected chi connectivity index (χ0v) is 13.4.